The van der Waals surface area contributed by atoms with E-state index in [1.807, 2.05) is 6.92 Å². The number of rotatable bonds is 2. The van der Waals surface area contributed by atoms with Gasteiger partial charge in [0.05, 0.1) is 11.9 Å². The highest BCUT2D eigenvalue weighted by molar-refractivity contribution is 4.78. The molecule has 0 heterocycles. The first-order valence-corrected chi connectivity index (χ1v) is 4.61. The summed E-state index contributed by atoms with van der Waals surface area (Å²) in [6, 6.07) is 0. The summed E-state index contributed by atoms with van der Waals surface area (Å²) in [4.78, 5) is 0. The molecule has 12 heavy (non-hydrogen) atoms. The first-order chi connectivity index (χ1) is 5.79. The molecule has 0 unspecified atom stereocenters. The summed E-state index contributed by atoms with van der Waals surface area (Å²) in [6.07, 6.45) is 6.98. The third-order valence-electron chi connectivity index (χ3n) is 1.92. The zero-order valence-electron chi connectivity index (χ0n) is 8.14. The monoisotopic (exact) mass is 168 g/mol. The summed E-state index contributed by atoms with van der Waals surface area (Å²) < 4.78 is 5.50. The van der Waals surface area contributed by atoms with Crippen LogP contribution in [0.4, 0.5) is 0 Å². The van der Waals surface area contributed by atoms with E-state index in [0.717, 1.165) is 5.76 Å². The van der Waals surface area contributed by atoms with Gasteiger partial charge in [-0.25, -0.2) is 0 Å². The van der Waals surface area contributed by atoms with Gasteiger partial charge in [0.15, 0.2) is 0 Å². The molecular weight excluding hydrogens is 148 g/mol. The standard InChI is InChI=1S/C9H16O.C2H4/c1-8(2)10-9-6-4-3-5-7-9;1-2/h9H,1,3-7H2,2H3;1-2H2. The zero-order valence-corrected chi connectivity index (χ0v) is 8.14. The second-order valence-corrected chi connectivity index (χ2v) is 3.08. The van der Waals surface area contributed by atoms with Gasteiger partial charge in [0, 0.05) is 0 Å². The summed E-state index contributed by atoms with van der Waals surface area (Å²) in [6.45, 7) is 11.7. The van der Waals surface area contributed by atoms with Gasteiger partial charge < -0.3 is 4.74 Å². The van der Waals surface area contributed by atoms with Crippen LogP contribution in [0.2, 0.25) is 0 Å². The predicted octanol–water partition coefficient (Wildman–Crippen LogP) is 3.67. The van der Waals surface area contributed by atoms with Crippen molar-refractivity contribution >= 4 is 0 Å². The maximum absolute atomic E-state index is 5.50. The van der Waals surface area contributed by atoms with Gasteiger partial charge in [-0.3, -0.25) is 0 Å². The lowest BCUT2D eigenvalue weighted by molar-refractivity contribution is 0.0846. The van der Waals surface area contributed by atoms with E-state index >= 15 is 0 Å². The molecule has 70 valence electrons. The molecule has 0 aromatic carbocycles. The molecule has 1 aliphatic carbocycles. The summed E-state index contributed by atoms with van der Waals surface area (Å²) >= 11 is 0. The molecule has 0 amide bonds. The molecule has 0 bridgehead atoms. The van der Waals surface area contributed by atoms with Crippen molar-refractivity contribution in [2.24, 2.45) is 0 Å². The van der Waals surface area contributed by atoms with E-state index in [9.17, 15) is 0 Å². The molecular formula is C11H20O. The van der Waals surface area contributed by atoms with Crippen LogP contribution < -0.4 is 0 Å². The summed E-state index contributed by atoms with van der Waals surface area (Å²) in [5.41, 5.74) is 0. The van der Waals surface area contributed by atoms with E-state index in [1.54, 1.807) is 0 Å². The Balaban J connectivity index is 0.000000561. The number of ether oxygens (including phenoxy) is 1. The summed E-state index contributed by atoms with van der Waals surface area (Å²) in [7, 11) is 0. The Bertz CT molecular complexity index is 123. The van der Waals surface area contributed by atoms with E-state index in [0.29, 0.717) is 6.10 Å². The third kappa shape index (κ3) is 5.00. The van der Waals surface area contributed by atoms with Gasteiger partial charge in [-0.2, -0.15) is 0 Å². The van der Waals surface area contributed by atoms with Crippen LogP contribution in [-0.2, 0) is 4.74 Å². The number of allylic oxidation sites excluding steroid dienone is 1. The Morgan fingerprint density at radius 1 is 1.17 bits per heavy atom. The van der Waals surface area contributed by atoms with E-state index < -0.39 is 0 Å². The second kappa shape index (κ2) is 6.96. The summed E-state index contributed by atoms with van der Waals surface area (Å²) in [5.74, 6) is 0.868. The van der Waals surface area contributed by atoms with Crippen LogP contribution in [0, 0.1) is 0 Å². The molecule has 1 saturated carbocycles. The van der Waals surface area contributed by atoms with Crippen molar-refractivity contribution in [2.45, 2.75) is 45.1 Å². The summed E-state index contributed by atoms with van der Waals surface area (Å²) in [5, 5.41) is 0. The minimum atomic E-state index is 0.478. The Morgan fingerprint density at radius 2 is 1.67 bits per heavy atom. The molecule has 1 rings (SSSR count). The third-order valence-corrected chi connectivity index (χ3v) is 1.92. The molecule has 1 aliphatic rings. The molecule has 0 aromatic rings. The van der Waals surface area contributed by atoms with Crippen LogP contribution in [0.25, 0.3) is 0 Å². The maximum atomic E-state index is 5.50. The van der Waals surface area contributed by atoms with Crippen LogP contribution in [-0.4, -0.2) is 6.10 Å². The van der Waals surface area contributed by atoms with Gasteiger partial charge in [-0.15, -0.1) is 13.2 Å². The van der Waals surface area contributed by atoms with E-state index in [-0.39, 0.29) is 0 Å². The van der Waals surface area contributed by atoms with E-state index in [2.05, 4.69) is 19.7 Å². The van der Waals surface area contributed by atoms with Crippen molar-refractivity contribution < 1.29 is 4.74 Å². The fourth-order valence-corrected chi connectivity index (χ4v) is 1.47. The average molecular weight is 168 g/mol. The lowest BCUT2D eigenvalue weighted by atomic mass is 9.98. The van der Waals surface area contributed by atoms with Gasteiger partial charge in [0.2, 0.25) is 0 Å². The zero-order chi connectivity index (χ0) is 9.40. The van der Waals surface area contributed by atoms with Crippen LogP contribution in [0.15, 0.2) is 25.5 Å². The molecule has 0 aliphatic heterocycles. The fourth-order valence-electron chi connectivity index (χ4n) is 1.47. The van der Waals surface area contributed by atoms with Crippen LogP contribution in [0.1, 0.15) is 39.0 Å². The Kier molecular flexibility index (Phi) is 6.54. The van der Waals surface area contributed by atoms with E-state index in [1.165, 1.54) is 32.1 Å². The first-order valence-electron chi connectivity index (χ1n) is 4.61. The second-order valence-electron chi connectivity index (χ2n) is 3.08. The Morgan fingerprint density at radius 3 is 2.08 bits per heavy atom. The molecule has 1 heteroatoms. The van der Waals surface area contributed by atoms with Crippen LogP contribution >= 0.6 is 0 Å². The van der Waals surface area contributed by atoms with Crippen molar-refractivity contribution in [3.8, 4) is 0 Å². The normalized spacial score (nSPS) is 17.4. The smallest absolute Gasteiger partial charge is 0.0982 e. The molecule has 1 nitrogen and oxygen atoms in total. The van der Waals surface area contributed by atoms with Gasteiger partial charge in [0.25, 0.3) is 0 Å². The SMILES string of the molecule is C=C.C=C(C)OC1CCCCC1. The lowest BCUT2D eigenvalue weighted by Gasteiger charge is -2.22. The molecule has 1 fully saturated rings. The molecule has 0 atom stereocenters. The van der Waals surface area contributed by atoms with E-state index in [4.69, 9.17) is 4.74 Å². The maximum Gasteiger partial charge on any atom is 0.0982 e. The van der Waals surface area contributed by atoms with Crippen LogP contribution in [0.5, 0.6) is 0 Å². The molecule has 0 spiro atoms. The molecule has 0 saturated heterocycles. The minimum Gasteiger partial charge on any atom is -0.496 e. The Labute approximate surface area is 76.1 Å². The highest BCUT2D eigenvalue weighted by Crippen LogP contribution is 2.21. The van der Waals surface area contributed by atoms with Gasteiger partial charge in [-0.05, 0) is 32.6 Å². The first kappa shape index (κ1) is 11.3. The molecule has 0 N–H and O–H groups in total. The lowest BCUT2D eigenvalue weighted by Crippen LogP contribution is -2.15. The average Bonchev–Trinajstić information content (AvgIpc) is 2.08. The highest BCUT2D eigenvalue weighted by Gasteiger charge is 2.13. The molecule has 0 aromatic heterocycles. The van der Waals surface area contributed by atoms with Crippen molar-refractivity contribution in [2.75, 3.05) is 0 Å². The van der Waals surface area contributed by atoms with Crippen molar-refractivity contribution in [3.05, 3.63) is 25.5 Å². The van der Waals surface area contributed by atoms with Crippen molar-refractivity contribution in [3.63, 3.8) is 0 Å². The van der Waals surface area contributed by atoms with Gasteiger partial charge >= 0.3 is 0 Å². The highest BCUT2D eigenvalue weighted by atomic mass is 16.5. The number of hydrogen-bond acceptors (Lipinski definition) is 1. The fraction of sp³-hybridized carbons (Fsp3) is 0.636. The number of hydrogen-bond donors (Lipinski definition) is 0. The largest absolute Gasteiger partial charge is 0.496 e. The van der Waals surface area contributed by atoms with Crippen molar-refractivity contribution in [1.29, 1.82) is 0 Å². The Hall–Kier alpha value is -0.720. The van der Waals surface area contributed by atoms with Gasteiger partial charge in [-0.1, -0.05) is 13.0 Å². The van der Waals surface area contributed by atoms with Crippen LogP contribution in [0.3, 0.4) is 0 Å². The quantitative estimate of drug-likeness (QED) is 0.451. The topological polar surface area (TPSA) is 9.23 Å². The molecule has 0 radical (unpaired) electrons. The predicted molar refractivity (Wildman–Crippen MR) is 54.0 cm³/mol. The van der Waals surface area contributed by atoms with Crippen molar-refractivity contribution in [1.82, 2.24) is 0 Å². The van der Waals surface area contributed by atoms with Gasteiger partial charge in [0.1, 0.15) is 0 Å². The minimum absolute atomic E-state index is 0.478.